The van der Waals surface area contributed by atoms with Gasteiger partial charge in [-0.1, -0.05) is 12.2 Å². The fourth-order valence-corrected chi connectivity index (χ4v) is 4.12. The monoisotopic (exact) mass is 360 g/mol. The number of nitrogens with zero attached hydrogens (tertiary/aromatic N) is 2. The van der Waals surface area contributed by atoms with E-state index in [1.165, 1.54) is 12.3 Å². The molecule has 2 aliphatic carbocycles. The van der Waals surface area contributed by atoms with E-state index in [9.17, 15) is 14.7 Å². The minimum atomic E-state index is -0.230. The predicted molar refractivity (Wildman–Crippen MR) is 83.0 cm³/mol. The molecule has 4 atom stereocenters. The Morgan fingerprint density at radius 2 is 1.82 bits per heavy atom. The average Bonchev–Trinajstić information content (AvgIpc) is 3.16. The average molecular weight is 361 g/mol. The zero-order valence-electron chi connectivity index (χ0n) is 11.5. The summed E-state index contributed by atoms with van der Waals surface area (Å²) in [5.41, 5.74) is 0.698. The normalized spacial score (nSPS) is 32.5. The third kappa shape index (κ3) is 1.86. The molecule has 0 aromatic heterocycles. The van der Waals surface area contributed by atoms with Crippen molar-refractivity contribution in [2.45, 2.75) is 6.42 Å². The second-order valence-electron chi connectivity index (χ2n) is 5.94. The molecule has 2 amide bonds. The molecule has 22 heavy (non-hydrogen) atoms. The van der Waals surface area contributed by atoms with Gasteiger partial charge in [0.15, 0.2) is 0 Å². The van der Waals surface area contributed by atoms with E-state index in [1.807, 2.05) is 0 Å². The molecule has 1 saturated heterocycles. The summed E-state index contributed by atoms with van der Waals surface area (Å²) in [6.07, 6.45) is 6.49. The Labute approximate surface area is 135 Å². The van der Waals surface area contributed by atoms with Gasteiger partial charge in [0.05, 0.1) is 22.5 Å². The summed E-state index contributed by atoms with van der Waals surface area (Å²) in [5.74, 6) is -0.342. The molecule has 6 heteroatoms. The minimum absolute atomic E-state index is 0.127. The molecule has 3 aliphatic rings. The summed E-state index contributed by atoms with van der Waals surface area (Å²) in [5, 5.41) is 14.6. The van der Waals surface area contributed by atoms with Gasteiger partial charge in [-0.15, -0.1) is 0 Å². The number of hydrogen-bond acceptors (Lipinski definition) is 4. The maximum Gasteiger partial charge on any atom is 0.254 e. The number of imide groups is 1. The minimum Gasteiger partial charge on any atom is -0.507 e. The molecule has 1 aromatic rings. The maximum atomic E-state index is 12.4. The smallest absolute Gasteiger partial charge is 0.254 e. The summed E-state index contributed by atoms with van der Waals surface area (Å²) >= 11 is 3.22. The van der Waals surface area contributed by atoms with Crippen molar-refractivity contribution in [3.63, 3.8) is 0 Å². The summed E-state index contributed by atoms with van der Waals surface area (Å²) < 4.78 is 0.537. The van der Waals surface area contributed by atoms with E-state index >= 15 is 0 Å². The second kappa shape index (κ2) is 4.78. The van der Waals surface area contributed by atoms with E-state index < -0.39 is 0 Å². The number of carbonyl (C=O) groups is 2. The highest BCUT2D eigenvalue weighted by atomic mass is 79.9. The lowest BCUT2D eigenvalue weighted by Crippen LogP contribution is -2.28. The molecule has 0 unspecified atom stereocenters. The number of benzene rings is 1. The number of phenols is 1. The number of phenolic OH excluding ortho intramolecular Hbond substituents is 1. The Bertz CT molecular complexity index is 713. The van der Waals surface area contributed by atoms with Crippen LogP contribution in [0.5, 0.6) is 5.75 Å². The third-order valence-corrected chi connectivity index (χ3v) is 5.38. The molecule has 1 aromatic carbocycles. The topological polar surface area (TPSA) is 70.0 Å². The van der Waals surface area contributed by atoms with Crippen LogP contribution >= 0.6 is 15.9 Å². The van der Waals surface area contributed by atoms with E-state index in [1.54, 1.807) is 12.1 Å². The number of aromatic hydroxyl groups is 1. The molecular formula is C16H13BrN2O3. The Balaban J connectivity index is 1.59. The third-order valence-electron chi connectivity index (χ3n) is 4.74. The quantitative estimate of drug-likeness (QED) is 0.499. The van der Waals surface area contributed by atoms with Crippen molar-refractivity contribution in [3.8, 4) is 5.75 Å². The van der Waals surface area contributed by atoms with Crippen LogP contribution < -0.4 is 0 Å². The van der Waals surface area contributed by atoms with Crippen LogP contribution in [0, 0.1) is 23.7 Å². The fraction of sp³-hybridized carbons (Fsp3) is 0.312. The SMILES string of the molecule is O=C1[C@@H]2[C@@H](C(=O)N1/N=C\c1ccc(O)c(Br)c1)[C@H]1C=C[C@H]2C1. The van der Waals surface area contributed by atoms with Crippen LogP contribution in [0.3, 0.4) is 0 Å². The van der Waals surface area contributed by atoms with Gasteiger partial charge in [0.1, 0.15) is 5.75 Å². The first-order valence-electron chi connectivity index (χ1n) is 7.15. The van der Waals surface area contributed by atoms with Crippen LogP contribution in [0.1, 0.15) is 12.0 Å². The van der Waals surface area contributed by atoms with Gasteiger partial charge < -0.3 is 5.11 Å². The van der Waals surface area contributed by atoms with Crippen LogP contribution in [-0.4, -0.2) is 28.1 Å². The van der Waals surface area contributed by atoms with Crippen molar-refractivity contribution in [1.82, 2.24) is 5.01 Å². The molecule has 1 aliphatic heterocycles. The van der Waals surface area contributed by atoms with Gasteiger partial charge >= 0.3 is 0 Å². The van der Waals surface area contributed by atoms with Crippen LogP contribution in [-0.2, 0) is 9.59 Å². The Kier molecular flexibility index (Phi) is 2.97. The predicted octanol–water partition coefficient (Wildman–Crippen LogP) is 2.30. The summed E-state index contributed by atoms with van der Waals surface area (Å²) in [7, 11) is 0. The van der Waals surface area contributed by atoms with E-state index in [0.29, 0.717) is 10.0 Å². The molecule has 2 bridgehead atoms. The molecule has 0 spiro atoms. The highest BCUT2D eigenvalue weighted by molar-refractivity contribution is 9.10. The summed E-state index contributed by atoms with van der Waals surface area (Å²) in [4.78, 5) is 24.9. The van der Waals surface area contributed by atoms with E-state index in [2.05, 4.69) is 33.2 Å². The van der Waals surface area contributed by atoms with E-state index in [4.69, 9.17) is 0 Å². The maximum absolute atomic E-state index is 12.4. The van der Waals surface area contributed by atoms with Crippen LogP contribution in [0.15, 0.2) is 39.9 Å². The zero-order chi connectivity index (χ0) is 15.4. The first-order valence-corrected chi connectivity index (χ1v) is 7.94. The fourth-order valence-electron chi connectivity index (χ4n) is 3.73. The Hall–Kier alpha value is -1.95. The number of allylic oxidation sites excluding steroid dienone is 2. The zero-order valence-corrected chi connectivity index (χ0v) is 13.1. The summed E-state index contributed by atoms with van der Waals surface area (Å²) in [6.45, 7) is 0. The van der Waals surface area contributed by atoms with Crippen LogP contribution in [0.25, 0.3) is 0 Å². The van der Waals surface area contributed by atoms with Crippen molar-refractivity contribution in [2.24, 2.45) is 28.8 Å². The Morgan fingerprint density at radius 1 is 1.18 bits per heavy atom. The molecule has 112 valence electrons. The van der Waals surface area contributed by atoms with Crippen molar-refractivity contribution in [1.29, 1.82) is 0 Å². The number of carbonyl (C=O) groups excluding carboxylic acids is 2. The van der Waals surface area contributed by atoms with Gasteiger partial charge in [-0.3, -0.25) is 9.59 Å². The number of rotatable bonds is 2. The molecule has 0 radical (unpaired) electrons. The molecular weight excluding hydrogens is 348 g/mol. The number of fused-ring (bicyclic) bond motifs is 5. The molecule has 5 nitrogen and oxygen atoms in total. The lowest BCUT2D eigenvalue weighted by Gasteiger charge is -2.13. The van der Waals surface area contributed by atoms with E-state index in [0.717, 1.165) is 11.4 Å². The van der Waals surface area contributed by atoms with Gasteiger partial charge in [-0.2, -0.15) is 10.1 Å². The first kappa shape index (κ1) is 13.7. The van der Waals surface area contributed by atoms with Crippen molar-refractivity contribution < 1.29 is 14.7 Å². The van der Waals surface area contributed by atoms with E-state index in [-0.39, 0.29) is 41.2 Å². The molecule has 1 saturated carbocycles. The number of halogens is 1. The highest BCUT2D eigenvalue weighted by Gasteiger charge is 2.59. The van der Waals surface area contributed by atoms with Gasteiger partial charge in [0, 0.05) is 0 Å². The van der Waals surface area contributed by atoms with Gasteiger partial charge in [-0.25, -0.2) is 0 Å². The second-order valence-corrected chi connectivity index (χ2v) is 6.80. The van der Waals surface area contributed by atoms with Gasteiger partial charge in [-0.05, 0) is 57.9 Å². The first-order chi connectivity index (χ1) is 10.6. The van der Waals surface area contributed by atoms with Crippen LogP contribution in [0.2, 0.25) is 0 Å². The lowest BCUT2D eigenvalue weighted by atomic mass is 9.85. The number of amides is 2. The number of hydrogen-bond donors (Lipinski definition) is 1. The standard InChI is InChI=1S/C16H13BrN2O3/c17-11-5-8(1-4-12(11)20)7-18-19-15(21)13-9-2-3-10(6-9)14(13)16(19)22/h1-5,7,9-10,13-14,20H,6H2/b18-7-/t9-,10-,13-,14-/m0/s1. The van der Waals surface area contributed by atoms with Crippen molar-refractivity contribution >= 4 is 34.0 Å². The molecule has 2 fully saturated rings. The largest absolute Gasteiger partial charge is 0.507 e. The molecule has 1 N–H and O–H groups in total. The summed E-state index contributed by atoms with van der Waals surface area (Å²) in [6, 6.07) is 4.87. The highest BCUT2D eigenvalue weighted by Crippen LogP contribution is 2.52. The van der Waals surface area contributed by atoms with Crippen molar-refractivity contribution in [2.75, 3.05) is 0 Å². The number of hydrazone groups is 1. The van der Waals surface area contributed by atoms with Crippen molar-refractivity contribution in [3.05, 3.63) is 40.4 Å². The lowest BCUT2D eigenvalue weighted by molar-refractivity contribution is -0.140. The molecule has 4 rings (SSSR count). The Morgan fingerprint density at radius 3 is 2.41 bits per heavy atom. The van der Waals surface area contributed by atoms with Gasteiger partial charge in [0.25, 0.3) is 11.8 Å². The van der Waals surface area contributed by atoms with Gasteiger partial charge in [0.2, 0.25) is 0 Å². The van der Waals surface area contributed by atoms with Crippen LogP contribution in [0.4, 0.5) is 0 Å². The molecule has 1 heterocycles.